The zero-order valence-electron chi connectivity index (χ0n) is 19.2. The van der Waals surface area contributed by atoms with Crippen molar-refractivity contribution in [3.8, 4) is 0 Å². The number of esters is 1. The molecule has 0 saturated heterocycles. The molecule has 0 aliphatic heterocycles. The molecule has 3 fully saturated rings. The van der Waals surface area contributed by atoms with E-state index in [1.54, 1.807) is 19.9 Å². The number of hydrogen-bond acceptors (Lipinski definition) is 5. The third-order valence-electron chi connectivity index (χ3n) is 8.83. The molecule has 0 amide bonds. The molecule has 1 N–H and O–H groups in total. The number of ketones is 1. The zero-order valence-corrected chi connectivity index (χ0v) is 21.6. The monoisotopic (exact) mass is 544 g/mol. The van der Waals surface area contributed by atoms with Crippen LogP contribution in [0, 0.1) is 22.7 Å². The van der Waals surface area contributed by atoms with Gasteiger partial charge in [0.2, 0.25) is 0 Å². The van der Waals surface area contributed by atoms with Crippen molar-refractivity contribution in [1.82, 2.24) is 0 Å². The summed E-state index contributed by atoms with van der Waals surface area (Å²) in [5.41, 5.74) is -4.61. The molecule has 33 heavy (non-hydrogen) atoms. The van der Waals surface area contributed by atoms with Gasteiger partial charge in [-0.15, -0.1) is 0 Å². The van der Waals surface area contributed by atoms with Crippen LogP contribution in [0.5, 0.6) is 0 Å². The van der Waals surface area contributed by atoms with E-state index >= 15 is 4.39 Å². The van der Waals surface area contributed by atoms with Crippen molar-refractivity contribution >= 4 is 43.0 Å². The second-order valence-corrected chi connectivity index (χ2v) is 13.1. The van der Waals surface area contributed by atoms with Gasteiger partial charge in [-0.3, -0.25) is 0 Å². The Bertz CT molecular complexity index is 993. The number of rotatable bonds is 5. The van der Waals surface area contributed by atoms with E-state index in [1.165, 1.54) is 12.2 Å². The molecule has 180 valence electrons. The van der Waals surface area contributed by atoms with Crippen LogP contribution in [0.1, 0.15) is 52.9 Å². The van der Waals surface area contributed by atoms with Crippen molar-refractivity contribution in [2.45, 2.75) is 70.2 Å². The first-order chi connectivity index (χ1) is 15.4. The molecule has 0 unspecified atom stereocenters. The quantitative estimate of drug-likeness (QED) is 0.248. The number of aliphatic hydroxyl groups excluding tert-OH is 1. The maximum absolute atomic E-state index is 17.2. The van der Waals surface area contributed by atoms with Crippen molar-refractivity contribution in [1.29, 1.82) is 0 Å². The third-order valence-corrected chi connectivity index (χ3v) is 10.8. The van der Waals surface area contributed by atoms with Crippen LogP contribution in [0.2, 0.25) is 0 Å². The number of carbonyl (C=O) groups is 3. The zero-order chi connectivity index (χ0) is 24.4. The first kappa shape index (κ1) is 24.8. The Balaban J connectivity index is 1.85. The number of aliphatic hydroxyl groups is 1. The molecule has 0 spiro atoms. The van der Waals surface area contributed by atoms with Gasteiger partial charge in [0.05, 0.1) is 0 Å². The summed E-state index contributed by atoms with van der Waals surface area (Å²) in [5, 5.41) is 11.4. The summed E-state index contributed by atoms with van der Waals surface area (Å²) in [7, 11) is 0. The Morgan fingerprint density at radius 2 is 2.06 bits per heavy atom. The fraction of sp³-hybridized carbons (Fsp3) is 0.640. The predicted molar refractivity (Wildman–Crippen MR) is 123 cm³/mol. The van der Waals surface area contributed by atoms with Gasteiger partial charge in [-0.1, -0.05) is 0 Å². The van der Waals surface area contributed by atoms with Crippen LogP contribution in [-0.2, 0) is 19.1 Å². The number of carbonyl (C=O) groups excluding carboxylic acids is 3. The number of hydrogen-bond donors (Lipinski definition) is 1. The molecule has 0 bridgehead atoms. The minimum absolute atomic E-state index is 0.0601. The van der Waals surface area contributed by atoms with Crippen molar-refractivity contribution in [3.05, 3.63) is 36.0 Å². The third kappa shape index (κ3) is 3.08. The van der Waals surface area contributed by atoms with Crippen LogP contribution >= 0.6 is 11.6 Å². The van der Waals surface area contributed by atoms with Gasteiger partial charge in [-0.05, 0) is 0 Å². The SMILES string of the molecule is C=C1C[C@H]2[C@@H]3CCC4=CC(=O)C=C[C@]4(C)[C@@]3(F)[C@@H](O)C[C@]2(C)[C@@]1(OC(=O)CC)C(=O)[Se]CCl. The summed E-state index contributed by atoms with van der Waals surface area (Å²) in [5.74, 6) is -1.66. The van der Waals surface area contributed by atoms with Gasteiger partial charge in [0, 0.05) is 0 Å². The molecule has 7 atom stereocenters. The summed E-state index contributed by atoms with van der Waals surface area (Å²) >= 11 is 5.27. The van der Waals surface area contributed by atoms with Crippen LogP contribution in [-0.4, -0.2) is 58.6 Å². The number of halogens is 2. The van der Waals surface area contributed by atoms with E-state index in [9.17, 15) is 19.5 Å². The van der Waals surface area contributed by atoms with E-state index < -0.39 is 55.0 Å². The molecule has 3 saturated carbocycles. The molecule has 0 aromatic heterocycles. The topological polar surface area (TPSA) is 80.7 Å². The molecule has 0 aromatic rings. The van der Waals surface area contributed by atoms with E-state index in [-0.39, 0.29) is 34.0 Å². The molecule has 4 rings (SSSR count). The van der Waals surface area contributed by atoms with Crippen molar-refractivity contribution in [3.63, 3.8) is 0 Å². The van der Waals surface area contributed by atoms with E-state index in [0.29, 0.717) is 30.4 Å². The molecule has 0 radical (unpaired) electrons. The van der Waals surface area contributed by atoms with Crippen LogP contribution in [0.15, 0.2) is 36.0 Å². The average Bonchev–Trinajstić information content (AvgIpc) is 2.97. The Hall–Kier alpha value is -1.27. The van der Waals surface area contributed by atoms with E-state index in [0.717, 1.165) is 0 Å². The molecular weight excluding hydrogens is 514 g/mol. The normalized spacial score (nSPS) is 43.9. The van der Waals surface area contributed by atoms with Gasteiger partial charge in [-0.25, -0.2) is 0 Å². The second-order valence-electron chi connectivity index (χ2n) is 10.1. The number of alkyl halides is 2. The number of allylic oxidation sites excluding steroid dienone is 4. The molecule has 0 heterocycles. The van der Waals surface area contributed by atoms with Gasteiger partial charge < -0.3 is 0 Å². The van der Waals surface area contributed by atoms with Gasteiger partial charge in [0.1, 0.15) is 0 Å². The molecule has 8 heteroatoms. The summed E-state index contributed by atoms with van der Waals surface area (Å²) < 4.78 is 23.0. The first-order valence-corrected chi connectivity index (χ1v) is 14.0. The van der Waals surface area contributed by atoms with Gasteiger partial charge in [0.15, 0.2) is 0 Å². The Morgan fingerprint density at radius 3 is 2.70 bits per heavy atom. The van der Waals surface area contributed by atoms with Gasteiger partial charge in [-0.2, -0.15) is 0 Å². The van der Waals surface area contributed by atoms with Crippen molar-refractivity contribution in [2.24, 2.45) is 22.7 Å². The van der Waals surface area contributed by atoms with E-state index in [2.05, 4.69) is 6.58 Å². The summed E-state index contributed by atoms with van der Waals surface area (Å²) in [6.07, 6.45) is 4.35. The molecule has 4 aliphatic rings. The predicted octanol–water partition coefficient (Wildman–Crippen LogP) is 3.64. The fourth-order valence-electron chi connectivity index (χ4n) is 7.16. The minimum atomic E-state index is -2.02. The van der Waals surface area contributed by atoms with Crippen LogP contribution < -0.4 is 0 Å². The molecule has 4 aliphatic carbocycles. The Morgan fingerprint density at radius 1 is 1.36 bits per heavy atom. The first-order valence-electron chi connectivity index (χ1n) is 11.4. The molecule has 0 aromatic carbocycles. The van der Waals surface area contributed by atoms with Crippen LogP contribution in [0.4, 0.5) is 4.39 Å². The molecule has 5 nitrogen and oxygen atoms in total. The Labute approximate surface area is 205 Å². The van der Waals surface area contributed by atoms with Crippen LogP contribution in [0.25, 0.3) is 0 Å². The van der Waals surface area contributed by atoms with Gasteiger partial charge >= 0.3 is 205 Å². The second kappa shape index (κ2) is 8.15. The van der Waals surface area contributed by atoms with Crippen molar-refractivity contribution in [2.75, 3.05) is 4.78 Å². The number of ether oxygens (including phenoxy) is 1. The summed E-state index contributed by atoms with van der Waals surface area (Å²) in [6.45, 7) is 9.39. The Kier molecular flexibility index (Phi) is 6.13. The maximum atomic E-state index is 17.2. The van der Waals surface area contributed by atoms with E-state index in [1.807, 2.05) is 6.92 Å². The number of fused-ring (bicyclic) bond motifs is 5. The standard InChI is InChI=1S/C25H30ClFO5Se/c1-5-20(30)32-25(21(31)33-13-26)14(2)10-18-17-7-6-15-11-16(28)8-9-22(15,3)24(17,27)19(29)12-23(18,25)4/h8-9,11,17-19,29H,2,5-7,10,12-13H2,1,3-4H3/t17-,18-,19-,22-,23-,24-,25-/m0/s1. The van der Waals surface area contributed by atoms with E-state index in [4.69, 9.17) is 16.3 Å². The average molecular weight is 544 g/mol. The fourth-order valence-corrected chi connectivity index (χ4v) is 9.19. The van der Waals surface area contributed by atoms with Crippen LogP contribution in [0.3, 0.4) is 0 Å². The molecular formula is C25H30ClFO5Se. The summed E-state index contributed by atoms with van der Waals surface area (Å²) in [4.78, 5) is 38.0. The van der Waals surface area contributed by atoms with Crippen molar-refractivity contribution < 1.29 is 28.6 Å². The van der Waals surface area contributed by atoms with Gasteiger partial charge in [0.25, 0.3) is 0 Å². The summed E-state index contributed by atoms with van der Waals surface area (Å²) in [6, 6.07) is 0.